The molecule has 3 heterocycles. The quantitative estimate of drug-likeness (QED) is 0.392. The molecule has 2 aromatic carbocycles. The molecule has 8 nitrogen and oxygen atoms in total. The Balaban J connectivity index is 1.43. The minimum Gasteiger partial charge on any atom is -0.465 e. The predicted molar refractivity (Wildman–Crippen MR) is 134 cm³/mol. The van der Waals surface area contributed by atoms with Crippen molar-refractivity contribution in [1.82, 2.24) is 20.6 Å². The van der Waals surface area contributed by atoms with Crippen LogP contribution in [0.15, 0.2) is 65.2 Å². The molecule has 0 bridgehead atoms. The number of aromatic nitrogens is 2. The van der Waals surface area contributed by atoms with Gasteiger partial charge in [0.05, 0.1) is 10.9 Å². The summed E-state index contributed by atoms with van der Waals surface area (Å²) in [5, 5.41) is 16.3. The summed E-state index contributed by atoms with van der Waals surface area (Å²) in [6.07, 6.45) is 3.50. The maximum atomic E-state index is 11.4. The third-order valence-corrected chi connectivity index (χ3v) is 7.15. The van der Waals surface area contributed by atoms with E-state index in [1.165, 1.54) is 0 Å². The van der Waals surface area contributed by atoms with Crippen LogP contribution in [0.4, 0.5) is 10.7 Å². The lowest BCUT2D eigenvalue weighted by Gasteiger charge is -2.42. The molecule has 1 aliphatic carbocycles. The second-order valence-electron chi connectivity index (χ2n) is 9.24. The lowest BCUT2D eigenvalue weighted by Crippen LogP contribution is -2.50. The van der Waals surface area contributed by atoms with Gasteiger partial charge in [-0.05, 0) is 30.4 Å². The van der Waals surface area contributed by atoms with Gasteiger partial charge >= 0.3 is 6.09 Å². The zero-order valence-corrected chi connectivity index (χ0v) is 19.3. The van der Waals surface area contributed by atoms with Crippen molar-refractivity contribution in [2.75, 3.05) is 31.1 Å². The summed E-state index contributed by atoms with van der Waals surface area (Å²) in [4.78, 5) is 23.0. The Bertz CT molecular complexity index is 1360. The fraction of sp³-hybridized carbons (Fsp3) is 0.296. The molecule has 3 N–H and O–H groups in total. The van der Waals surface area contributed by atoms with Crippen LogP contribution in [-0.2, 0) is 5.54 Å². The summed E-state index contributed by atoms with van der Waals surface area (Å²) in [7, 11) is 0. The molecule has 1 saturated heterocycles. The van der Waals surface area contributed by atoms with E-state index in [1.807, 2.05) is 48.7 Å². The van der Waals surface area contributed by atoms with Gasteiger partial charge in [-0.1, -0.05) is 54.6 Å². The molecule has 8 heteroatoms. The average Bonchev–Trinajstić information content (AvgIpc) is 3.26. The molecule has 2 aromatic heterocycles. The van der Waals surface area contributed by atoms with Gasteiger partial charge in [0.15, 0.2) is 0 Å². The van der Waals surface area contributed by atoms with Gasteiger partial charge in [0.25, 0.3) is 0 Å². The Hall–Kier alpha value is -3.91. The second kappa shape index (κ2) is 8.70. The Morgan fingerprint density at radius 1 is 1.03 bits per heavy atom. The van der Waals surface area contributed by atoms with E-state index in [-0.39, 0.29) is 0 Å². The Morgan fingerprint density at radius 3 is 2.43 bits per heavy atom. The molecule has 1 saturated carbocycles. The van der Waals surface area contributed by atoms with Crippen LogP contribution in [0, 0.1) is 0 Å². The average molecular weight is 470 g/mol. The van der Waals surface area contributed by atoms with E-state index >= 15 is 0 Å². The number of fused-ring (bicyclic) bond motifs is 1. The number of benzene rings is 2. The molecule has 0 unspecified atom stereocenters. The highest BCUT2D eigenvalue weighted by Crippen LogP contribution is 2.44. The van der Waals surface area contributed by atoms with Crippen molar-refractivity contribution in [3.8, 4) is 22.5 Å². The molecule has 6 rings (SSSR count). The van der Waals surface area contributed by atoms with Crippen molar-refractivity contribution in [1.29, 1.82) is 0 Å². The molecule has 1 amide bonds. The van der Waals surface area contributed by atoms with Gasteiger partial charge in [0.1, 0.15) is 5.76 Å². The van der Waals surface area contributed by atoms with Gasteiger partial charge in [-0.25, -0.2) is 9.78 Å². The molecule has 2 aliphatic rings. The summed E-state index contributed by atoms with van der Waals surface area (Å²) < 4.78 is 6.40. The fourth-order valence-electron chi connectivity index (χ4n) is 5.15. The van der Waals surface area contributed by atoms with Crippen molar-refractivity contribution in [3.63, 3.8) is 0 Å². The number of amides is 1. The van der Waals surface area contributed by atoms with Crippen molar-refractivity contribution >= 4 is 23.1 Å². The van der Waals surface area contributed by atoms with Gasteiger partial charge in [-0.3, -0.25) is 0 Å². The highest BCUT2D eigenvalue weighted by Gasteiger charge is 2.40. The summed E-state index contributed by atoms with van der Waals surface area (Å²) in [5.41, 5.74) is 3.96. The van der Waals surface area contributed by atoms with Crippen LogP contribution < -0.4 is 15.5 Å². The topological polar surface area (TPSA) is 104 Å². The normalized spacial score (nSPS) is 17.2. The van der Waals surface area contributed by atoms with Crippen LogP contribution in [0.25, 0.3) is 33.6 Å². The Morgan fingerprint density at radius 2 is 1.77 bits per heavy atom. The van der Waals surface area contributed by atoms with Gasteiger partial charge < -0.3 is 25.1 Å². The molecular formula is C27H27N5O3. The highest BCUT2D eigenvalue weighted by atomic mass is 16.4. The number of piperazine rings is 1. The molecule has 178 valence electrons. The molecule has 4 aromatic rings. The second-order valence-corrected chi connectivity index (χ2v) is 9.24. The van der Waals surface area contributed by atoms with Crippen LogP contribution in [0.3, 0.4) is 0 Å². The molecule has 0 radical (unpaired) electrons. The number of rotatable bonds is 5. The largest absolute Gasteiger partial charge is 0.465 e. The summed E-state index contributed by atoms with van der Waals surface area (Å²) >= 11 is 0. The molecule has 0 atom stereocenters. The fourth-order valence-corrected chi connectivity index (χ4v) is 5.15. The molecular weight excluding hydrogens is 442 g/mol. The molecule has 0 spiro atoms. The number of nitrogens with one attached hydrogen (secondary N) is 2. The summed E-state index contributed by atoms with van der Waals surface area (Å²) in [5.74, 6) is 1.42. The first kappa shape index (κ1) is 21.6. The Kier molecular flexibility index (Phi) is 5.37. The van der Waals surface area contributed by atoms with Crippen LogP contribution in [0.2, 0.25) is 0 Å². The van der Waals surface area contributed by atoms with Crippen LogP contribution >= 0.6 is 0 Å². The van der Waals surface area contributed by atoms with Crippen LogP contribution in [-0.4, -0.2) is 47.3 Å². The van der Waals surface area contributed by atoms with E-state index in [2.05, 4.69) is 32.7 Å². The zero-order chi connectivity index (χ0) is 23.8. The standard InChI is InChI=1S/C27H27N5O3/c33-26(34)31-27(11-4-12-27)20-9-7-19(8-10-20)23-22(18-5-2-1-3-6-18)21-17-29-25(30-24(21)35-23)32-15-13-28-14-16-32/h1-3,5-10,17,28,31H,4,11-16H2,(H,33,34). The van der Waals surface area contributed by atoms with Crippen LogP contribution in [0.1, 0.15) is 24.8 Å². The highest BCUT2D eigenvalue weighted by molar-refractivity contribution is 6.00. The van der Waals surface area contributed by atoms with Crippen molar-refractivity contribution < 1.29 is 14.3 Å². The number of nitrogens with zero attached hydrogens (tertiary/aromatic N) is 3. The van der Waals surface area contributed by atoms with Gasteiger partial charge in [-0.2, -0.15) is 4.98 Å². The minimum atomic E-state index is -0.990. The zero-order valence-electron chi connectivity index (χ0n) is 19.3. The minimum absolute atomic E-state index is 0.496. The molecule has 35 heavy (non-hydrogen) atoms. The first-order valence-electron chi connectivity index (χ1n) is 12.1. The lowest BCUT2D eigenvalue weighted by molar-refractivity contribution is 0.144. The van der Waals surface area contributed by atoms with Crippen molar-refractivity contribution in [3.05, 3.63) is 66.4 Å². The van der Waals surface area contributed by atoms with E-state index in [0.717, 1.165) is 78.8 Å². The molecule has 2 fully saturated rings. The smallest absolute Gasteiger partial charge is 0.405 e. The monoisotopic (exact) mass is 469 g/mol. The van der Waals surface area contributed by atoms with E-state index in [4.69, 9.17) is 9.40 Å². The predicted octanol–water partition coefficient (Wildman–Crippen LogP) is 4.61. The number of furan rings is 1. The first-order valence-corrected chi connectivity index (χ1v) is 12.1. The third-order valence-electron chi connectivity index (χ3n) is 7.15. The SMILES string of the molecule is O=C(O)NC1(c2ccc(-c3oc4nc(N5CCNCC5)ncc4c3-c3ccccc3)cc2)CCC1. The number of carbonyl (C=O) groups is 1. The maximum absolute atomic E-state index is 11.4. The van der Waals surface area contributed by atoms with E-state index < -0.39 is 11.6 Å². The van der Waals surface area contributed by atoms with Gasteiger partial charge in [0, 0.05) is 43.5 Å². The van der Waals surface area contributed by atoms with E-state index in [1.54, 1.807) is 0 Å². The third kappa shape index (κ3) is 3.89. The van der Waals surface area contributed by atoms with Gasteiger partial charge in [-0.15, -0.1) is 0 Å². The molecule has 1 aliphatic heterocycles. The number of hydrogen-bond donors (Lipinski definition) is 3. The lowest BCUT2D eigenvalue weighted by atomic mass is 9.72. The van der Waals surface area contributed by atoms with Gasteiger partial charge in [0.2, 0.25) is 11.7 Å². The maximum Gasteiger partial charge on any atom is 0.405 e. The first-order chi connectivity index (χ1) is 17.1. The van der Waals surface area contributed by atoms with Crippen molar-refractivity contribution in [2.45, 2.75) is 24.8 Å². The summed E-state index contributed by atoms with van der Waals surface area (Å²) in [6.45, 7) is 3.53. The van der Waals surface area contributed by atoms with E-state index in [9.17, 15) is 9.90 Å². The number of carboxylic acid groups (broad SMARTS) is 1. The van der Waals surface area contributed by atoms with Crippen molar-refractivity contribution in [2.24, 2.45) is 0 Å². The van der Waals surface area contributed by atoms with Crippen LogP contribution in [0.5, 0.6) is 0 Å². The Labute approximate surface area is 203 Å². The number of hydrogen-bond acceptors (Lipinski definition) is 6. The number of anilines is 1. The summed E-state index contributed by atoms with van der Waals surface area (Å²) in [6, 6.07) is 18.2. The van der Waals surface area contributed by atoms with E-state index in [0.29, 0.717) is 11.7 Å².